The monoisotopic (exact) mass is 242 g/mol. The zero-order valence-corrected chi connectivity index (χ0v) is 10.8. The van der Waals surface area contributed by atoms with Crippen molar-refractivity contribution in [2.75, 3.05) is 18.5 Å². The van der Waals surface area contributed by atoms with Crippen LogP contribution in [0.3, 0.4) is 0 Å². The van der Waals surface area contributed by atoms with Gasteiger partial charge in [-0.3, -0.25) is 4.98 Å². The lowest BCUT2D eigenvalue weighted by Gasteiger charge is -2.08. The van der Waals surface area contributed by atoms with E-state index in [1.54, 1.807) is 0 Å². The highest BCUT2D eigenvalue weighted by Gasteiger charge is 2.02. The molecule has 1 heterocycles. The summed E-state index contributed by atoms with van der Waals surface area (Å²) in [5.74, 6) is 0.880. The van der Waals surface area contributed by atoms with E-state index in [1.807, 2.05) is 43.5 Å². The topological polar surface area (TPSA) is 34.2 Å². The van der Waals surface area contributed by atoms with Crippen LogP contribution in [0.4, 0.5) is 5.69 Å². The number of benzene rings is 1. The fourth-order valence-corrected chi connectivity index (χ4v) is 1.81. The summed E-state index contributed by atoms with van der Waals surface area (Å²) in [6, 6.07) is 12.0. The van der Waals surface area contributed by atoms with Crippen molar-refractivity contribution in [2.24, 2.45) is 0 Å². The van der Waals surface area contributed by atoms with Crippen LogP contribution in [-0.4, -0.2) is 18.1 Å². The van der Waals surface area contributed by atoms with E-state index in [4.69, 9.17) is 4.74 Å². The standard InChI is InChI=1S/C15H18N2O/c1-3-16-13-8-9-17-15(11-13)12-6-5-7-14(10-12)18-4-2/h5-11H,3-4H2,1-2H3,(H,16,17). The number of pyridine rings is 1. The minimum Gasteiger partial charge on any atom is -0.494 e. The summed E-state index contributed by atoms with van der Waals surface area (Å²) < 4.78 is 5.50. The van der Waals surface area contributed by atoms with Crippen LogP contribution < -0.4 is 10.1 Å². The Hall–Kier alpha value is -2.03. The van der Waals surface area contributed by atoms with Gasteiger partial charge in [0.05, 0.1) is 12.3 Å². The molecule has 0 unspecified atom stereocenters. The molecule has 0 saturated carbocycles. The summed E-state index contributed by atoms with van der Waals surface area (Å²) in [4.78, 5) is 4.40. The molecular formula is C15H18N2O. The molecule has 0 aliphatic heterocycles. The third-order valence-electron chi connectivity index (χ3n) is 2.58. The minimum atomic E-state index is 0.675. The number of hydrogen-bond acceptors (Lipinski definition) is 3. The van der Waals surface area contributed by atoms with Crippen molar-refractivity contribution in [3.63, 3.8) is 0 Å². The van der Waals surface area contributed by atoms with Crippen LogP contribution in [0.1, 0.15) is 13.8 Å². The average Bonchev–Trinajstić information content (AvgIpc) is 2.40. The number of nitrogens with one attached hydrogen (secondary N) is 1. The zero-order valence-electron chi connectivity index (χ0n) is 10.8. The molecule has 0 spiro atoms. The van der Waals surface area contributed by atoms with Crippen LogP contribution in [0.5, 0.6) is 5.75 Å². The van der Waals surface area contributed by atoms with Gasteiger partial charge in [0, 0.05) is 24.0 Å². The molecule has 94 valence electrons. The Labute approximate surface area is 108 Å². The summed E-state index contributed by atoms with van der Waals surface area (Å²) in [6.45, 7) is 5.64. The van der Waals surface area contributed by atoms with E-state index in [0.29, 0.717) is 6.61 Å². The maximum atomic E-state index is 5.50. The van der Waals surface area contributed by atoms with E-state index in [1.165, 1.54) is 0 Å². The molecule has 3 nitrogen and oxygen atoms in total. The molecule has 0 fully saturated rings. The highest BCUT2D eigenvalue weighted by Crippen LogP contribution is 2.24. The molecule has 1 N–H and O–H groups in total. The lowest BCUT2D eigenvalue weighted by Crippen LogP contribution is -1.97. The zero-order chi connectivity index (χ0) is 12.8. The lowest BCUT2D eigenvalue weighted by molar-refractivity contribution is 0.340. The van der Waals surface area contributed by atoms with Gasteiger partial charge < -0.3 is 10.1 Å². The normalized spacial score (nSPS) is 10.1. The summed E-state index contributed by atoms with van der Waals surface area (Å²) in [5, 5.41) is 3.29. The van der Waals surface area contributed by atoms with Gasteiger partial charge in [-0.1, -0.05) is 12.1 Å². The Balaban J connectivity index is 2.29. The lowest BCUT2D eigenvalue weighted by atomic mass is 10.1. The van der Waals surface area contributed by atoms with Crippen molar-refractivity contribution in [3.8, 4) is 17.0 Å². The number of ether oxygens (including phenoxy) is 1. The van der Waals surface area contributed by atoms with Gasteiger partial charge in [-0.25, -0.2) is 0 Å². The predicted molar refractivity (Wildman–Crippen MR) is 75.0 cm³/mol. The maximum absolute atomic E-state index is 5.50. The molecule has 1 aromatic carbocycles. The summed E-state index contributed by atoms with van der Waals surface area (Å²) >= 11 is 0. The van der Waals surface area contributed by atoms with Crippen LogP contribution in [0.2, 0.25) is 0 Å². The molecule has 1 aromatic heterocycles. The molecule has 2 rings (SSSR count). The second-order valence-electron chi connectivity index (χ2n) is 3.92. The van der Waals surface area contributed by atoms with Crippen molar-refractivity contribution in [3.05, 3.63) is 42.6 Å². The van der Waals surface area contributed by atoms with Crippen LogP contribution >= 0.6 is 0 Å². The number of anilines is 1. The quantitative estimate of drug-likeness (QED) is 0.870. The Kier molecular flexibility index (Phi) is 4.18. The molecule has 0 saturated heterocycles. The molecular weight excluding hydrogens is 224 g/mol. The van der Waals surface area contributed by atoms with E-state index >= 15 is 0 Å². The number of aromatic nitrogens is 1. The van der Waals surface area contributed by atoms with Gasteiger partial charge in [-0.15, -0.1) is 0 Å². The van der Waals surface area contributed by atoms with Gasteiger partial charge in [-0.2, -0.15) is 0 Å². The molecule has 0 aliphatic carbocycles. The first-order chi connectivity index (χ1) is 8.83. The van der Waals surface area contributed by atoms with Crippen LogP contribution in [0.25, 0.3) is 11.3 Å². The molecule has 0 atom stereocenters. The predicted octanol–water partition coefficient (Wildman–Crippen LogP) is 3.58. The molecule has 0 bridgehead atoms. The van der Waals surface area contributed by atoms with Crippen molar-refractivity contribution < 1.29 is 4.74 Å². The molecule has 3 heteroatoms. The van der Waals surface area contributed by atoms with E-state index in [0.717, 1.165) is 29.2 Å². The smallest absolute Gasteiger partial charge is 0.119 e. The van der Waals surface area contributed by atoms with E-state index in [-0.39, 0.29) is 0 Å². The molecule has 2 aromatic rings. The van der Waals surface area contributed by atoms with Gasteiger partial charge in [0.15, 0.2) is 0 Å². The van der Waals surface area contributed by atoms with Gasteiger partial charge in [-0.05, 0) is 38.1 Å². The van der Waals surface area contributed by atoms with Crippen molar-refractivity contribution >= 4 is 5.69 Å². The fourth-order valence-electron chi connectivity index (χ4n) is 1.81. The number of rotatable bonds is 5. The SMILES string of the molecule is CCNc1ccnc(-c2cccc(OCC)c2)c1. The number of hydrogen-bond donors (Lipinski definition) is 1. The Morgan fingerprint density at radius 2 is 2.06 bits per heavy atom. The third kappa shape index (κ3) is 3.00. The van der Waals surface area contributed by atoms with E-state index < -0.39 is 0 Å². The summed E-state index contributed by atoms with van der Waals surface area (Å²) in [6.07, 6.45) is 1.82. The molecule has 0 aliphatic rings. The van der Waals surface area contributed by atoms with Crippen LogP contribution in [-0.2, 0) is 0 Å². The second kappa shape index (κ2) is 6.05. The Morgan fingerprint density at radius 1 is 1.17 bits per heavy atom. The number of nitrogens with zero attached hydrogens (tertiary/aromatic N) is 1. The average molecular weight is 242 g/mol. The van der Waals surface area contributed by atoms with Gasteiger partial charge in [0.25, 0.3) is 0 Å². The van der Waals surface area contributed by atoms with Crippen molar-refractivity contribution in [2.45, 2.75) is 13.8 Å². The first-order valence-electron chi connectivity index (χ1n) is 6.26. The maximum Gasteiger partial charge on any atom is 0.119 e. The third-order valence-corrected chi connectivity index (χ3v) is 2.58. The molecule has 0 amide bonds. The van der Waals surface area contributed by atoms with Crippen molar-refractivity contribution in [1.29, 1.82) is 0 Å². The Morgan fingerprint density at radius 3 is 2.83 bits per heavy atom. The first-order valence-corrected chi connectivity index (χ1v) is 6.26. The molecule has 0 radical (unpaired) electrons. The second-order valence-corrected chi connectivity index (χ2v) is 3.92. The van der Waals surface area contributed by atoms with Gasteiger partial charge in [0.1, 0.15) is 5.75 Å². The van der Waals surface area contributed by atoms with Gasteiger partial charge in [0.2, 0.25) is 0 Å². The largest absolute Gasteiger partial charge is 0.494 e. The summed E-state index contributed by atoms with van der Waals surface area (Å²) in [7, 11) is 0. The van der Waals surface area contributed by atoms with E-state index in [2.05, 4.69) is 23.3 Å². The van der Waals surface area contributed by atoms with Crippen molar-refractivity contribution in [1.82, 2.24) is 4.98 Å². The fraction of sp³-hybridized carbons (Fsp3) is 0.267. The summed E-state index contributed by atoms with van der Waals surface area (Å²) in [5.41, 5.74) is 3.11. The molecule has 18 heavy (non-hydrogen) atoms. The highest BCUT2D eigenvalue weighted by molar-refractivity contribution is 5.65. The first kappa shape index (κ1) is 12.4. The van der Waals surface area contributed by atoms with Gasteiger partial charge >= 0.3 is 0 Å². The highest BCUT2D eigenvalue weighted by atomic mass is 16.5. The Bertz CT molecular complexity index is 464. The van der Waals surface area contributed by atoms with E-state index in [9.17, 15) is 0 Å². The van der Waals surface area contributed by atoms with Crippen LogP contribution in [0.15, 0.2) is 42.6 Å². The van der Waals surface area contributed by atoms with Crippen LogP contribution in [0, 0.1) is 0 Å². The minimum absolute atomic E-state index is 0.675.